The summed E-state index contributed by atoms with van der Waals surface area (Å²) in [5.41, 5.74) is 1.25. The van der Waals surface area contributed by atoms with E-state index in [2.05, 4.69) is 5.10 Å². The van der Waals surface area contributed by atoms with Gasteiger partial charge in [0.1, 0.15) is 11.4 Å². The van der Waals surface area contributed by atoms with E-state index < -0.39 is 0 Å². The molecule has 1 aliphatic rings. The molecule has 0 saturated carbocycles. The molecule has 2 aromatic rings. The van der Waals surface area contributed by atoms with Crippen LogP contribution in [-0.2, 0) is 7.05 Å². The van der Waals surface area contributed by atoms with E-state index in [1.165, 1.54) is 0 Å². The Morgan fingerprint density at radius 1 is 1.21 bits per heavy atom. The van der Waals surface area contributed by atoms with Crippen LogP contribution in [0, 0.1) is 5.92 Å². The first-order chi connectivity index (χ1) is 11.6. The average Bonchev–Trinajstić information content (AvgIpc) is 3.06. The Labute approximate surface area is 141 Å². The van der Waals surface area contributed by atoms with Crippen LogP contribution >= 0.6 is 0 Å². The van der Waals surface area contributed by atoms with E-state index >= 15 is 0 Å². The number of hydrogen-bond donors (Lipinski definition) is 0. The lowest BCUT2D eigenvalue weighted by Gasteiger charge is -2.31. The van der Waals surface area contributed by atoms with Crippen LogP contribution in [0.25, 0.3) is 0 Å². The summed E-state index contributed by atoms with van der Waals surface area (Å²) in [4.78, 5) is 26.9. The van der Waals surface area contributed by atoms with E-state index in [0.29, 0.717) is 42.9 Å². The Bertz CT molecular complexity index is 745. The number of amides is 1. The quantitative estimate of drug-likeness (QED) is 0.807. The van der Waals surface area contributed by atoms with Crippen molar-refractivity contribution in [2.24, 2.45) is 13.0 Å². The zero-order valence-electron chi connectivity index (χ0n) is 13.9. The molecule has 0 aliphatic carbocycles. The number of aryl methyl sites for hydroxylation is 1. The summed E-state index contributed by atoms with van der Waals surface area (Å²) in [5, 5.41) is 4.05. The summed E-state index contributed by atoms with van der Waals surface area (Å²) < 4.78 is 6.78. The molecule has 0 N–H and O–H groups in total. The average molecular weight is 327 g/mol. The highest BCUT2D eigenvalue weighted by Gasteiger charge is 2.29. The van der Waals surface area contributed by atoms with Crippen LogP contribution < -0.4 is 4.74 Å². The highest BCUT2D eigenvalue weighted by molar-refractivity contribution is 5.97. The fourth-order valence-corrected chi connectivity index (χ4v) is 3.11. The minimum Gasteiger partial charge on any atom is -0.497 e. The molecule has 126 valence electrons. The molecule has 0 unspecified atom stereocenters. The molecule has 1 aliphatic heterocycles. The monoisotopic (exact) mass is 327 g/mol. The third-order valence-corrected chi connectivity index (χ3v) is 4.54. The molecule has 0 bridgehead atoms. The van der Waals surface area contributed by atoms with Gasteiger partial charge >= 0.3 is 0 Å². The summed E-state index contributed by atoms with van der Waals surface area (Å²) >= 11 is 0. The summed E-state index contributed by atoms with van der Waals surface area (Å²) in [5.74, 6) is 0.723. The van der Waals surface area contributed by atoms with Crippen molar-refractivity contribution in [3.63, 3.8) is 0 Å². The lowest BCUT2D eigenvalue weighted by molar-refractivity contribution is 0.0647. The van der Waals surface area contributed by atoms with Crippen molar-refractivity contribution in [2.45, 2.75) is 12.8 Å². The predicted molar refractivity (Wildman–Crippen MR) is 89.2 cm³/mol. The zero-order chi connectivity index (χ0) is 17.1. The SMILES string of the molecule is COc1cccc(C(=O)N2CCC(C(=O)c3ccnn3C)CC2)c1. The van der Waals surface area contributed by atoms with Gasteiger partial charge < -0.3 is 9.64 Å². The molecule has 6 heteroatoms. The second-order valence-corrected chi connectivity index (χ2v) is 6.00. The van der Waals surface area contributed by atoms with E-state index in [-0.39, 0.29) is 17.6 Å². The number of piperidine rings is 1. The Morgan fingerprint density at radius 2 is 1.96 bits per heavy atom. The summed E-state index contributed by atoms with van der Waals surface area (Å²) in [7, 11) is 3.35. The van der Waals surface area contributed by atoms with Gasteiger partial charge in [-0.05, 0) is 37.1 Å². The van der Waals surface area contributed by atoms with Crippen LogP contribution in [0.4, 0.5) is 0 Å². The molecule has 1 fully saturated rings. The number of carbonyl (C=O) groups is 2. The van der Waals surface area contributed by atoms with Crippen molar-refractivity contribution in [3.8, 4) is 5.75 Å². The van der Waals surface area contributed by atoms with Gasteiger partial charge in [0.2, 0.25) is 0 Å². The number of rotatable bonds is 4. The third kappa shape index (κ3) is 3.18. The summed E-state index contributed by atoms with van der Waals surface area (Å²) in [6.45, 7) is 1.18. The van der Waals surface area contributed by atoms with E-state index in [1.807, 2.05) is 17.0 Å². The normalized spacial score (nSPS) is 15.3. The van der Waals surface area contributed by atoms with Crippen LogP contribution in [0.1, 0.15) is 33.7 Å². The molecule has 24 heavy (non-hydrogen) atoms. The van der Waals surface area contributed by atoms with Gasteiger partial charge in [-0.2, -0.15) is 5.10 Å². The van der Waals surface area contributed by atoms with Gasteiger partial charge in [0, 0.05) is 37.8 Å². The van der Waals surface area contributed by atoms with Crippen molar-refractivity contribution in [2.75, 3.05) is 20.2 Å². The maximum atomic E-state index is 12.6. The topological polar surface area (TPSA) is 64.4 Å². The smallest absolute Gasteiger partial charge is 0.253 e. The molecule has 1 amide bonds. The first kappa shape index (κ1) is 16.2. The van der Waals surface area contributed by atoms with Crippen molar-refractivity contribution in [1.29, 1.82) is 0 Å². The molecular weight excluding hydrogens is 306 g/mol. The molecule has 1 aromatic heterocycles. The number of benzene rings is 1. The Hall–Kier alpha value is -2.63. The minimum atomic E-state index is -0.0465. The molecule has 3 rings (SSSR count). The number of hydrogen-bond acceptors (Lipinski definition) is 4. The van der Waals surface area contributed by atoms with Gasteiger partial charge in [0.05, 0.1) is 7.11 Å². The number of methoxy groups -OCH3 is 1. The lowest BCUT2D eigenvalue weighted by atomic mass is 9.90. The number of Topliss-reactive ketones (excluding diaryl/α,β-unsaturated/α-hetero) is 1. The molecule has 1 saturated heterocycles. The first-order valence-electron chi connectivity index (χ1n) is 8.05. The van der Waals surface area contributed by atoms with Crippen molar-refractivity contribution in [3.05, 3.63) is 47.8 Å². The van der Waals surface area contributed by atoms with Gasteiger partial charge in [-0.25, -0.2) is 0 Å². The predicted octanol–water partition coefficient (Wildman–Crippen LogP) is 2.16. The van der Waals surface area contributed by atoms with Crippen LogP contribution in [0.5, 0.6) is 5.75 Å². The minimum absolute atomic E-state index is 0.0136. The number of nitrogens with zero attached hydrogens (tertiary/aromatic N) is 3. The zero-order valence-corrected chi connectivity index (χ0v) is 13.9. The van der Waals surface area contributed by atoms with Gasteiger partial charge in [0.15, 0.2) is 5.78 Å². The van der Waals surface area contributed by atoms with Gasteiger partial charge in [-0.3, -0.25) is 14.3 Å². The van der Waals surface area contributed by atoms with Crippen LogP contribution in [-0.4, -0.2) is 46.6 Å². The number of carbonyl (C=O) groups excluding carboxylic acids is 2. The second kappa shape index (κ2) is 6.86. The highest BCUT2D eigenvalue weighted by atomic mass is 16.5. The van der Waals surface area contributed by atoms with E-state index in [9.17, 15) is 9.59 Å². The van der Waals surface area contributed by atoms with Gasteiger partial charge in [-0.1, -0.05) is 6.07 Å². The summed E-state index contributed by atoms with van der Waals surface area (Å²) in [6.07, 6.45) is 2.99. The molecular formula is C18H21N3O3. The molecule has 6 nitrogen and oxygen atoms in total. The van der Waals surface area contributed by atoms with Crippen molar-refractivity contribution >= 4 is 11.7 Å². The molecule has 2 heterocycles. The fraction of sp³-hybridized carbons (Fsp3) is 0.389. The Balaban J connectivity index is 1.63. The fourth-order valence-electron chi connectivity index (χ4n) is 3.11. The number of ketones is 1. The van der Waals surface area contributed by atoms with Gasteiger partial charge in [-0.15, -0.1) is 0 Å². The first-order valence-corrected chi connectivity index (χ1v) is 8.05. The van der Waals surface area contributed by atoms with Crippen LogP contribution in [0.2, 0.25) is 0 Å². The van der Waals surface area contributed by atoms with Crippen molar-refractivity contribution < 1.29 is 14.3 Å². The highest BCUT2D eigenvalue weighted by Crippen LogP contribution is 2.23. The Morgan fingerprint density at radius 3 is 2.58 bits per heavy atom. The number of likely N-dealkylation sites (tertiary alicyclic amines) is 1. The van der Waals surface area contributed by atoms with E-state index in [4.69, 9.17) is 4.74 Å². The standard InChI is InChI=1S/C18H21N3O3/c1-20-16(6-9-19-20)17(22)13-7-10-21(11-8-13)18(23)14-4-3-5-15(12-14)24-2/h3-6,9,12-13H,7-8,10-11H2,1-2H3. The van der Waals surface area contributed by atoms with Crippen LogP contribution in [0.15, 0.2) is 36.5 Å². The molecule has 0 spiro atoms. The maximum Gasteiger partial charge on any atom is 0.253 e. The van der Waals surface area contributed by atoms with Crippen LogP contribution in [0.3, 0.4) is 0 Å². The number of aromatic nitrogens is 2. The lowest BCUT2D eigenvalue weighted by Crippen LogP contribution is -2.40. The third-order valence-electron chi connectivity index (χ3n) is 4.54. The largest absolute Gasteiger partial charge is 0.497 e. The number of ether oxygens (including phenoxy) is 1. The second-order valence-electron chi connectivity index (χ2n) is 6.00. The molecule has 1 aromatic carbocycles. The van der Waals surface area contributed by atoms with E-state index in [1.54, 1.807) is 43.2 Å². The van der Waals surface area contributed by atoms with Crippen molar-refractivity contribution in [1.82, 2.24) is 14.7 Å². The summed E-state index contributed by atoms with van der Waals surface area (Å²) in [6, 6.07) is 8.91. The van der Waals surface area contributed by atoms with E-state index in [0.717, 1.165) is 0 Å². The molecule has 0 radical (unpaired) electrons. The van der Waals surface area contributed by atoms with Gasteiger partial charge in [0.25, 0.3) is 5.91 Å². The maximum absolute atomic E-state index is 12.6. The molecule has 0 atom stereocenters. The Kier molecular flexibility index (Phi) is 4.64.